The van der Waals surface area contributed by atoms with E-state index in [0.29, 0.717) is 27.3 Å². The Bertz CT molecular complexity index is 1140. The van der Waals surface area contributed by atoms with E-state index in [9.17, 15) is 9.59 Å². The minimum atomic E-state index is -0.290. The van der Waals surface area contributed by atoms with Gasteiger partial charge in [-0.25, -0.2) is 0 Å². The van der Waals surface area contributed by atoms with Crippen LogP contribution in [0.15, 0.2) is 58.5 Å². The van der Waals surface area contributed by atoms with Gasteiger partial charge in [-0.15, -0.1) is 0 Å². The number of carbonyl (C=O) groups is 1. The summed E-state index contributed by atoms with van der Waals surface area (Å²) in [5.41, 5.74) is 3.39. The van der Waals surface area contributed by atoms with Crippen LogP contribution in [0.5, 0.6) is 0 Å². The molecule has 0 spiro atoms. The van der Waals surface area contributed by atoms with Crippen molar-refractivity contribution in [2.75, 3.05) is 5.32 Å². The van der Waals surface area contributed by atoms with Crippen molar-refractivity contribution in [1.82, 2.24) is 9.55 Å². The van der Waals surface area contributed by atoms with Gasteiger partial charge in [0.2, 0.25) is 5.91 Å². The summed E-state index contributed by atoms with van der Waals surface area (Å²) in [7, 11) is 1.83. The van der Waals surface area contributed by atoms with Gasteiger partial charge in [-0.1, -0.05) is 59.8 Å². The number of amides is 1. The molecule has 1 N–H and O–H groups in total. The molecule has 0 fully saturated rings. The maximum Gasteiger partial charge on any atom is 0.279 e. The van der Waals surface area contributed by atoms with E-state index in [4.69, 9.17) is 11.6 Å². The number of halogens is 1. The molecule has 29 heavy (non-hydrogen) atoms. The second kappa shape index (κ2) is 8.05. The fraction of sp³-hybridized carbons (Fsp3) is 0.227. The molecule has 0 radical (unpaired) electrons. The summed E-state index contributed by atoms with van der Waals surface area (Å²) in [6, 6.07) is 15.4. The molecule has 2 heterocycles. The van der Waals surface area contributed by atoms with Crippen molar-refractivity contribution in [1.29, 1.82) is 0 Å². The Balaban J connectivity index is 1.72. The molecule has 3 aromatic rings. The first-order valence-electron chi connectivity index (χ1n) is 9.27. The van der Waals surface area contributed by atoms with Crippen LogP contribution in [0.1, 0.15) is 34.6 Å². The van der Waals surface area contributed by atoms with E-state index >= 15 is 0 Å². The number of benzene rings is 2. The van der Waals surface area contributed by atoms with Gasteiger partial charge in [0.25, 0.3) is 5.56 Å². The van der Waals surface area contributed by atoms with Crippen LogP contribution in [0, 0.1) is 6.92 Å². The number of fused-ring (bicyclic) bond motifs is 1. The third-order valence-corrected chi connectivity index (χ3v) is 6.50. The largest absolute Gasteiger partial charge is 0.312 e. The summed E-state index contributed by atoms with van der Waals surface area (Å²) in [6.45, 7) is 2.00. The van der Waals surface area contributed by atoms with Crippen LogP contribution in [0.4, 0.5) is 5.82 Å². The molecule has 148 valence electrons. The Labute approximate surface area is 178 Å². The molecule has 7 heteroatoms. The van der Waals surface area contributed by atoms with Crippen LogP contribution in [-0.4, -0.2) is 15.5 Å². The zero-order valence-corrected chi connectivity index (χ0v) is 17.7. The maximum atomic E-state index is 13.0. The van der Waals surface area contributed by atoms with Crippen LogP contribution in [-0.2, 0) is 17.6 Å². The van der Waals surface area contributed by atoms with E-state index in [2.05, 4.69) is 10.3 Å². The van der Waals surface area contributed by atoms with E-state index in [1.807, 2.05) is 62.5 Å². The zero-order chi connectivity index (χ0) is 20.5. The lowest BCUT2D eigenvalue weighted by Crippen LogP contribution is -2.33. The average molecular weight is 426 g/mol. The number of thioether (sulfide) groups is 1. The summed E-state index contributed by atoms with van der Waals surface area (Å²) in [6.07, 6.45) is 0.242. The first-order valence-corrected chi connectivity index (χ1v) is 10.6. The lowest BCUT2D eigenvalue weighted by molar-refractivity contribution is -0.116. The summed E-state index contributed by atoms with van der Waals surface area (Å²) >= 11 is 7.39. The Morgan fingerprint density at radius 2 is 1.90 bits per heavy atom. The Morgan fingerprint density at radius 1 is 1.17 bits per heavy atom. The number of nitrogens with one attached hydrogen (secondary N) is 1. The highest BCUT2D eigenvalue weighted by Crippen LogP contribution is 2.37. The second-order valence-corrected chi connectivity index (χ2v) is 8.48. The van der Waals surface area contributed by atoms with Gasteiger partial charge in [0.05, 0.1) is 5.56 Å². The predicted octanol–water partition coefficient (Wildman–Crippen LogP) is 4.51. The fourth-order valence-electron chi connectivity index (χ4n) is 3.64. The Hall–Kier alpha value is -2.57. The minimum Gasteiger partial charge on any atom is -0.312 e. The molecule has 0 aliphatic carbocycles. The van der Waals surface area contributed by atoms with Crippen LogP contribution in [0.25, 0.3) is 0 Å². The molecule has 5 nitrogen and oxygen atoms in total. The molecule has 1 aliphatic rings. The van der Waals surface area contributed by atoms with E-state index in [1.165, 1.54) is 11.8 Å². The van der Waals surface area contributed by atoms with E-state index in [1.54, 1.807) is 4.57 Å². The van der Waals surface area contributed by atoms with Crippen molar-refractivity contribution in [3.05, 3.63) is 86.2 Å². The zero-order valence-electron chi connectivity index (χ0n) is 16.1. The highest BCUT2D eigenvalue weighted by molar-refractivity contribution is 7.98. The summed E-state index contributed by atoms with van der Waals surface area (Å²) in [5.74, 6) is 0.793. The predicted molar refractivity (Wildman–Crippen MR) is 117 cm³/mol. The van der Waals surface area contributed by atoms with Crippen LogP contribution >= 0.6 is 23.4 Å². The first-order chi connectivity index (χ1) is 13.9. The smallest absolute Gasteiger partial charge is 0.279 e. The number of aryl methyl sites for hydroxylation is 1. The summed E-state index contributed by atoms with van der Waals surface area (Å²) in [5, 5.41) is 4.14. The van der Waals surface area contributed by atoms with Gasteiger partial charge in [0.15, 0.2) is 5.16 Å². The first kappa shape index (κ1) is 19.7. The third kappa shape index (κ3) is 3.95. The SMILES string of the molecule is Cc1ccccc1C1CC(=O)Nc2c1c(=O)nc(SCc1ccc(Cl)cc1)n2C. The average Bonchev–Trinajstić information content (AvgIpc) is 2.70. The van der Waals surface area contributed by atoms with Gasteiger partial charge in [-0.2, -0.15) is 4.98 Å². The van der Waals surface area contributed by atoms with Gasteiger partial charge in [0.1, 0.15) is 5.82 Å². The highest BCUT2D eigenvalue weighted by atomic mass is 35.5. The minimum absolute atomic E-state index is 0.0967. The van der Waals surface area contributed by atoms with Crippen molar-refractivity contribution >= 4 is 35.1 Å². The van der Waals surface area contributed by atoms with Gasteiger partial charge in [0, 0.05) is 30.2 Å². The van der Waals surface area contributed by atoms with E-state index in [-0.39, 0.29) is 23.8 Å². The number of hydrogen-bond donors (Lipinski definition) is 1. The lowest BCUT2D eigenvalue weighted by atomic mass is 9.84. The standard InChI is InChI=1S/C22H20ClN3O2S/c1-13-5-3-4-6-16(13)17-11-18(27)24-20-19(17)21(28)25-22(26(20)2)29-12-14-7-9-15(23)10-8-14/h3-10,17H,11-12H2,1-2H3,(H,24,27). The number of hydrogen-bond acceptors (Lipinski definition) is 4. The normalized spacial score (nSPS) is 15.7. The van der Waals surface area contributed by atoms with E-state index in [0.717, 1.165) is 16.7 Å². The number of anilines is 1. The number of nitrogens with zero attached hydrogens (tertiary/aromatic N) is 2. The van der Waals surface area contributed by atoms with Crippen molar-refractivity contribution in [3.8, 4) is 0 Å². The van der Waals surface area contributed by atoms with Gasteiger partial charge < -0.3 is 9.88 Å². The second-order valence-electron chi connectivity index (χ2n) is 7.10. The molecule has 1 unspecified atom stereocenters. The molecule has 0 bridgehead atoms. The van der Waals surface area contributed by atoms with E-state index < -0.39 is 0 Å². The van der Waals surface area contributed by atoms with Crippen molar-refractivity contribution in [2.45, 2.75) is 30.2 Å². The molecule has 0 saturated heterocycles. The lowest BCUT2D eigenvalue weighted by Gasteiger charge is -2.28. The van der Waals surface area contributed by atoms with Gasteiger partial charge in [-0.3, -0.25) is 9.59 Å². The molecule has 4 rings (SSSR count). The van der Waals surface area contributed by atoms with Crippen LogP contribution in [0.2, 0.25) is 5.02 Å². The number of carbonyl (C=O) groups excluding carboxylic acids is 1. The monoisotopic (exact) mass is 425 g/mol. The molecular formula is C22H20ClN3O2S. The van der Waals surface area contributed by atoms with Gasteiger partial charge >= 0.3 is 0 Å². The number of aromatic nitrogens is 2. The summed E-state index contributed by atoms with van der Waals surface area (Å²) in [4.78, 5) is 29.8. The maximum absolute atomic E-state index is 13.0. The van der Waals surface area contributed by atoms with Crippen LogP contribution in [0.3, 0.4) is 0 Å². The highest BCUT2D eigenvalue weighted by Gasteiger charge is 2.32. The number of rotatable bonds is 4. The molecule has 1 atom stereocenters. The quantitative estimate of drug-likeness (QED) is 0.493. The molecule has 0 saturated carbocycles. The van der Waals surface area contributed by atoms with Gasteiger partial charge in [-0.05, 0) is 35.7 Å². The Kier molecular flexibility index (Phi) is 5.48. The Morgan fingerprint density at radius 3 is 2.62 bits per heavy atom. The molecule has 2 aromatic carbocycles. The van der Waals surface area contributed by atoms with Crippen molar-refractivity contribution < 1.29 is 4.79 Å². The van der Waals surface area contributed by atoms with Crippen LogP contribution < -0.4 is 10.9 Å². The molecule has 1 aromatic heterocycles. The molecule has 1 aliphatic heterocycles. The van der Waals surface area contributed by atoms with Crippen molar-refractivity contribution in [3.63, 3.8) is 0 Å². The van der Waals surface area contributed by atoms with Crippen molar-refractivity contribution in [2.24, 2.45) is 7.05 Å². The fourth-order valence-corrected chi connectivity index (χ4v) is 4.68. The summed E-state index contributed by atoms with van der Waals surface area (Å²) < 4.78 is 1.81. The molecule has 1 amide bonds. The topological polar surface area (TPSA) is 64.0 Å². The third-order valence-electron chi connectivity index (χ3n) is 5.15. The molecular weight excluding hydrogens is 406 g/mol.